The van der Waals surface area contributed by atoms with Gasteiger partial charge in [0.25, 0.3) is 0 Å². The van der Waals surface area contributed by atoms with Gasteiger partial charge in [0.05, 0.1) is 5.60 Å². The minimum absolute atomic E-state index is 0.205. The van der Waals surface area contributed by atoms with Crippen LogP contribution in [-0.2, 0) is 4.74 Å². The molecule has 0 aromatic rings. The highest BCUT2D eigenvalue weighted by Crippen LogP contribution is 2.59. The number of hydrogen-bond donors (Lipinski definition) is 0. The SMILES string of the molecule is CC1(OCBr)C2CC3CC(C2)CC1C3. The Balaban J connectivity index is 1.87. The summed E-state index contributed by atoms with van der Waals surface area (Å²) in [4.78, 5) is 0. The molecule has 0 aromatic carbocycles. The van der Waals surface area contributed by atoms with Crippen molar-refractivity contribution >= 4 is 15.9 Å². The van der Waals surface area contributed by atoms with E-state index in [4.69, 9.17) is 4.74 Å². The van der Waals surface area contributed by atoms with Crippen LogP contribution in [0.3, 0.4) is 0 Å². The van der Waals surface area contributed by atoms with Crippen molar-refractivity contribution in [1.29, 1.82) is 0 Å². The van der Waals surface area contributed by atoms with Gasteiger partial charge < -0.3 is 4.74 Å². The van der Waals surface area contributed by atoms with E-state index in [-0.39, 0.29) is 5.60 Å². The van der Waals surface area contributed by atoms with Crippen molar-refractivity contribution in [2.75, 3.05) is 5.52 Å². The van der Waals surface area contributed by atoms with Crippen molar-refractivity contribution in [3.05, 3.63) is 0 Å². The Kier molecular flexibility index (Phi) is 2.22. The van der Waals surface area contributed by atoms with Crippen molar-refractivity contribution in [2.45, 2.75) is 44.6 Å². The van der Waals surface area contributed by atoms with E-state index in [1.54, 1.807) is 0 Å². The second-order valence-corrected chi connectivity index (χ2v) is 6.20. The van der Waals surface area contributed by atoms with E-state index in [0.29, 0.717) is 5.52 Å². The summed E-state index contributed by atoms with van der Waals surface area (Å²) in [6, 6.07) is 0. The van der Waals surface area contributed by atoms with Crippen LogP contribution in [-0.4, -0.2) is 11.1 Å². The number of alkyl halides is 1. The van der Waals surface area contributed by atoms with Gasteiger partial charge in [0.15, 0.2) is 0 Å². The molecule has 0 spiro atoms. The Labute approximate surface area is 94.7 Å². The largest absolute Gasteiger partial charge is 0.364 e. The molecule has 4 aliphatic carbocycles. The maximum atomic E-state index is 6.02. The number of hydrogen-bond acceptors (Lipinski definition) is 1. The van der Waals surface area contributed by atoms with Gasteiger partial charge >= 0.3 is 0 Å². The van der Waals surface area contributed by atoms with Gasteiger partial charge in [-0.1, -0.05) is 15.9 Å². The summed E-state index contributed by atoms with van der Waals surface area (Å²) >= 11 is 3.43. The first-order chi connectivity index (χ1) is 6.72. The van der Waals surface area contributed by atoms with Crippen LogP contribution in [0, 0.1) is 23.7 Å². The molecular weight excluding hydrogens is 240 g/mol. The minimum Gasteiger partial charge on any atom is -0.364 e. The first kappa shape index (κ1) is 9.65. The third-order valence-electron chi connectivity index (χ3n) is 5.12. The lowest BCUT2D eigenvalue weighted by Crippen LogP contribution is -2.57. The summed E-state index contributed by atoms with van der Waals surface area (Å²) in [6.07, 6.45) is 7.29. The molecule has 0 unspecified atom stereocenters. The Morgan fingerprint density at radius 2 is 1.57 bits per heavy atom. The quantitative estimate of drug-likeness (QED) is 0.689. The lowest BCUT2D eigenvalue weighted by molar-refractivity contribution is -0.182. The molecule has 0 atom stereocenters. The second kappa shape index (κ2) is 3.21. The highest BCUT2D eigenvalue weighted by Gasteiger charge is 2.55. The van der Waals surface area contributed by atoms with Gasteiger partial charge in [-0.15, -0.1) is 0 Å². The number of halogens is 1. The Hall–Kier alpha value is 0.440. The van der Waals surface area contributed by atoms with E-state index >= 15 is 0 Å². The Morgan fingerprint density at radius 3 is 2.00 bits per heavy atom. The third-order valence-corrected chi connectivity index (χ3v) is 5.35. The van der Waals surface area contributed by atoms with E-state index < -0.39 is 0 Å². The Morgan fingerprint density at radius 1 is 1.07 bits per heavy atom. The van der Waals surface area contributed by atoms with Crippen LogP contribution in [0.5, 0.6) is 0 Å². The van der Waals surface area contributed by atoms with Crippen molar-refractivity contribution in [3.8, 4) is 0 Å². The van der Waals surface area contributed by atoms with Gasteiger partial charge in [0.1, 0.15) is 5.52 Å². The molecule has 4 bridgehead atoms. The van der Waals surface area contributed by atoms with Crippen LogP contribution in [0.4, 0.5) is 0 Å². The maximum Gasteiger partial charge on any atom is 0.102 e. The van der Waals surface area contributed by atoms with Crippen LogP contribution >= 0.6 is 15.9 Å². The highest BCUT2D eigenvalue weighted by atomic mass is 79.9. The predicted molar refractivity (Wildman–Crippen MR) is 60.3 cm³/mol. The fraction of sp³-hybridized carbons (Fsp3) is 1.00. The van der Waals surface area contributed by atoms with E-state index in [1.165, 1.54) is 32.1 Å². The van der Waals surface area contributed by atoms with E-state index in [0.717, 1.165) is 23.7 Å². The molecule has 0 aliphatic heterocycles. The van der Waals surface area contributed by atoms with Crippen LogP contribution in [0.15, 0.2) is 0 Å². The molecule has 4 aliphatic rings. The fourth-order valence-corrected chi connectivity index (χ4v) is 4.97. The zero-order valence-electron chi connectivity index (χ0n) is 8.84. The molecule has 0 radical (unpaired) electrons. The van der Waals surface area contributed by atoms with Crippen LogP contribution in [0.2, 0.25) is 0 Å². The smallest absolute Gasteiger partial charge is 0.102 e. The first-order valence-corrected chi connectivity index (χ1v) is 7.04. The van der Waals surface area contributed by atoms with E-state index in [2.05, 4.69) is 22.9 Å². The Bertz CT molecular complexity index is 210. The topological polar surface area (TPSA) is 9.23 Å². The molecule has 0 saturated heterocycles. The summed E-state index contributed by atoms with van der Waals surface area (Å²) < 4.78 is 6.02. The molecule has 1 nitrogen and oxygen atoms in total. The van der Waals surface area contributed by atoms with Gasteiger partial charge in [-0.3, -0.25) is 0 Å². The van der Waals surface area contributed by atoms with Gasteiger partial charge in [0, 0.05) is 0 Å². The van der Waals surface area contributed by atoms with E-state index in [9.17, 15) is 0 Å². The molecule has 4 rings (SSSR count). The maximum absolute atomic E-state index is 6.02. The predicted octanol–water partition coefficient (Wildman–Crippen LogP) is 3.57. The van der Waals surface area contributed by atoms with Gasteiger partial charge in [-0.2, -0.15) is 0 Å². The van der Waals surface area contributed by atoms with Crippen LogP contribution in [0.1, 0.15) is 39.0 Å². The molecule has 80 valence electrons. The molecule has 14 heavy (non-hydrogen) atoms. The average Bonchev–Trinajstić information content (AvgIpc) is 2.14. The average molecular weight is 259 g/mol. The summed E-state index contributed by atoms with van der Waals surface area (Å²) in [5.74, 6) is 3.81. The van der Waals surface area contributed by atoms with Crippen molar-refractivity contribution < 1.29 is 4.74 Å². The summed E-state index contributed by atoms with van der Waals surface area (Å²) in [7, 11) is 0. The lowest BCUT2D eigenvalue weighted by Gasteiger charge is -2.59. The molecular formula is C12H19BrO. The fourth-order valence-electron chi connectivity index (χ4n) is 4.47. The van der Waals surface area contributed by atoms with Gasteiger partial charge in [-0.05, 0) is 62.7 Å². The summed E-state index contributed by atoms with van der Waals surface area (Å²) in [5.41, 5.74) is 0.919. The normalized spacial score (nSPS) is 55.3. The van der Waals surface area contributed by atoms with E-state index in [1.807, 2.05) is 0 Å². The summed E-state index contributed by atoms with van der Waals surface area (Å²) in [5, 5.41) is 0. The zero-order valence-corrected chi connectivity index (χ0v) is 10.4. The molecule has 0 amide bonds. The number of ether oxygens (including phenoxy) is 1. The number of rotatable bonds is 2. The zero-order chi connectivity index (χ0) is 9.76. The molecule has 0 aromatic heterocycles. The molecule has 0 N–H and O–H groups in total. The monoisotopic (exact) mass is 258 g/mol. The molecule has 2 heteroatoms. The first-order valence-electron chi connectivity index (χ1n) is 5.92. The van der Waals surface area contributed by atoms with Crippen molar-refractivity contribution in [2.24, 2.45) is 23.7 Å². The van der Waals surface area contributed by atoms with Gasteiger partial charge in [0.2, 0.25) is 0 Å². The second-order valence-electron chi connectivity index (χ2n) is 5.74. The van der Waals surface area contributed by atoms with Crippen molar-refractivity contribution in [1.82, 2.24) is 0 Å². The van der Waals surface area contributed by atoms with Crippen molar-refractivity contribution in [3.63, 3.8) is 0 Å². The third kappa shape index (κ3) is 1.23. The summed E-state index contributed by atoms with van der Waals surface area (Å²) in [6.45, 7) is 2.36. The lowest BCUT2D eigenvalue weighted by atomic mass is 9.50. The van der Waals surface area contributed by atoms with Crippen LogP contribution < -0.4 is 0 Å². The molecule has 0 heterocycles. The molecule has 4 fully saturated rings. The van der Waals surface area contributed by atoms with Crippen LogP contribution in [0.25, 0.3) is 0 Å². The molecule has 4 saturated carbocycles. The standard InChI is InChI=1S/C12H19BrO/c1-12(14-7-13)10-3-8-2-9(5-10)6-11(12)4-8/h8-11H,2-7H2,1H3. The minimum atomic E-state index is 0.205. The van der Waals surface area contributed by atoms with Gasteiger partial charge in [-0.25, -0.2) is 0 Å². The highest BCUT2D eigenvalue weighted by molar-refractivity contribution is 9.09.